The first-order valence-electron chi connectivity index (χ1n) is 7.45. The van der Waals surface area contributed by atoms with E-state index >= 15 is 0 Å². The van der Waals surface area contributed by atoms with Crippen molar-refractivity contribution in [2.24, 2.45) is 0 Å². The number of nitrogens with zero attached hydrogens (tertiary/aromatic N) is 2. The second-order valence-corrected chi connectivity index (χ2v) is 6.17. The Balaban J connectivity index is 2.28. The molecule has 1 fully saturated rings. The zero-order valence-electron chi connectivity index (χ0n) is 12.6. The number of aliphatic hydroxyl groups is 1. The Morgan fingerprint density at radius 2 is 2.15 bits per heavy atom. The second-order valence-electron chi connectivity index (χ2n) is 5.76. The minimum atomic E-state index is -0.473. The number of halogens is 1. The normalized spacial score (nSPS) is 22.6. The SMILES string of the molecule is CCC1CN(C)CCCN1c1ccc([C@@H](C)O)cc1Cl. The maximum Gasteiger partial charge on any atom is 0.0762 e. The van der Waals surface area contributed by atoms with E-state index < -0.39 is 6.10 Å². The van der Waals surface area contributed by atoms with Crippen LogP contribution >= 0.6 is 11.6 Å². The lowest BCUT2D eigenvalue weighted by molar-refractivity contribution is 0.199. The third kappa shape index (κ3) is 3.46. The van der Waals surface area contributed by atoms with Gasteiger partial charge in [0.2, 0.25) is 0 Å². The number of likely N-dealkylation sites (N-methyl/N-ethyl adjacent to an activating group) is 1. The van der Waals surface area contributed by atoms with Gasteiger partial charge >= 0.3 is 0 Å². The third-order valence-electron chi connectivity index (χ3n) is 4.14. The molecule has 0 saturated carbocycles. The van der Waals surface area contributed by atoms with Gasteiger partial charge < -0.3 is 14.9 Å². The topological polar surface area (TPSA) is 26.7 Å². The van der Waals surface area contributed by atoms with Crippen molar-refractivity contribution in [2.45, 2.75) is 38.8 Å². The van der Waals surface area contributed by atoms with Crippen LogP contribution in [0.5, 0.6) is 0 Å². The van der Waals surface area contributed by atoms with E-state index in [2.05, 4.69) is 29.8 Å². The molecule has 1 heterocycles. The molecule has 112 valence electrons. The molecule has 3 nitrogen and oxygen atoms in total. The van der Waals surface area contributed by atoms with Gasteiger partial charge in [0.15, 0.2) is 0 Å². The Kier molecular flexibility index (Phi) is 5.30. The van der Waals surface area contributed by atoms with Crippen LogP contribution < -0.4 is 4.90 Å². The van der Waals surface area contributed by atoms with Crippen LogP contribution in [0.2, 0.25) is 5.02 Å². The van der Waals surface area contributed by atoms with Crippen molar-refractivity contribution in [1.29, 1.82) is 0 Å². The standard InChI is InChI=1S/C16H25ClN2O/c1-4-14-11-18(3)8-5-9-19(14)16-7-6-13(12(2)20)10-15(16)17/h6-7,10,12,14,20H,4-5,8-9,11H2,1-3H3/t12-,14?/m1/s1. The zero-order chi connectivity index (χ0) is 14.7. The average molecular weight is 297 g/mol. The molecule has 1 saturated heterocycles. The minimum Gasteiger partial charge on any atom is -0.389 e. The van der Waals surface area contributed by atoms with E-state index in [-0.39, 0.29) is 0 Å². The highest BCUT2D eigenvalue weighted by molar-refractivity contribution is 6.33. The van der Waals surface area contributed by atoms with Gasteiger partial charge in [0.05, 0.1) is 16.8 Å². The smallest absolute Gasteiger partial charge is 0.0762 e. The molecular formula is C16H25ClN2O. The Morgan fingerprint density at radius 1 is 1.40 bits per heavy atom. The van der Waals surface area contributed by atoms with Gasteiger partial charge in [0.1, 0.15) is 0 Å². The average Bonchev–Trinajstić information content (AvgIpc) is 2.60. The van der Waals surface area contributed by atoms with Gasteiger partial charge in [-0.15, -0.1) is 0 Å². The summed E-state index contributed by atoms with van der Waals surface area (Å²) < 4.78 is 0. The number of hydrogen-bond acceptors (Lipinski definition) is 3. The first kappa shape index (κ1) is 15.6. The molecule has 1 aromatic carbocycles. The summed E-state index contributed by atoms with van der Waals surface area (Å²) in [5, 5.41) is 10.4. The molecule has 0 aliphatic carbocycles. The van der Waals surface area contributed by atoms with E-state index in [0.717, 1.165) is 48.7 Å². The fourth-order valence-corrected chi connectivity index (χ4v) is 3.22. The van der Waals surface area contributed by atoms with Crippen LogP contribution in [0.4, 0.5) is 5.69 Å². The first-order chi connectivity index (χ1) is 9.52. The Labute approximate surface area is 127 Å². The van der Waals surface area contributed by atoms with E-state index in [4.69, 9.17) is 11.6 Å². The van der Waals surface area contributed by atoms with Crippen LogP contribution in [-0.4, -0.2) is 42.7 Å². The van der Waals surface area contributed by atoms with Gasteiger partial charge in [0, 0.05) is 19.1 Å². The Hall–Kier alpha value is -0.770. The first-order valence-corrected chi connectivity index (χ1v) is 7.83. The molecule has 0 spiro atoms. The van der Waals surface area contributed by atoms with Gasteiger partial charge in [-0.05, 0) is 51.1 Å². The summed E-state index contributed by atoms with van der Waals surface area (Å²) in [5.74, 6) is 0. The Bertz CT molecular complexity index is 450. The summed E-state index contributed by atoms with van der Waals surface area (Å²) in [6.45, 7) is 7.24. The fourth-order valence-electron chi connectivity index (χ4n) is 2.93. The minimum absolute atomic E-state index is 0.473. The summed E-state index contributed by atoms with van der Waals surface area (Å²) in [4.78, 5) is 4.82. The van der Waals surface area contributed by atoms with E-state index in [1.54, 1.807) is 6.92 Å². The monoisotopic (exact) mass is 296 g/mol. The van der Waals surface area contributed by atoms with Crippen LogP contribution in [0.3, 0.4) is 0 Å². The van der Waals surface area contributed by atoms with E-state index in [0.29, 0.717) is 6.04 Å². The highest BCUT2D eigenvalue weighted by Gasteiger charge is 2.23. The highest BCUT2D eigenvalue weighted by atomic mass is 35.5. The quantitative estimate of drug-likeness (QED) is 0.927. The van der Waals surface area contributed by atoms with Gasteiger partial charge in [-0.1, -0.05) is 24.6 Å². The van der Waals surface area contributed by atoms with Crippen molar-refractivity contribution < 1.29 is 5.11 Å². The lowest BCUT2D eigenvalue weighted by atomic mass is 10.1. The maximum absolute atomic E-state index is 9.65. The molecule has 4 heteroatoms. The molecule has 0 bridgehead atoms. The molecule has 1 aliphatic rings. The number of hydrogen-bond donors (Lipinski definition) is 1. The second kappa shape index (κ2) is 6.79. The maximum atomic E-state index is 9.65. The lowest BCUT2D eigenvalue weighted by Gasteiger charge is -2.33. The summed E-state index contributed by atoms with van der Waals surface area (Å²) in [5.41, 5.74) is 1.97. The van der Waals surface area contributed by atoms with Crippen molar-refractivity contribution in [3.63, 3.8) is 0 Å². The van der Waals surface area contributed by atoms with Crippen LogP contribution in [0.15, 0.2) is 18.2 Å². The number of anilines is 1. The van der Waals surface area contributed by atoms with Gasteiger partial charge in [0.25, 0.3) is 0 Å². The predicted molar refractivity (Wildman–Crippen MR) is 85.6 cm³/mol. The molecule has 2 atom stereocenters. The molecule has 1 aromatic rings. The summed E-state index contributed by atoms with van der Waals surface area (Å²) in [6.07, 6.45) is 1.79. The third-order valence-corrected chi connectivity index (χ3v) is 4.44. The Morgan fingerprint density at radius 3 is 2.75 bits per heavy atom. The molecule has 0 radical (unpaired) electrons. The predicted octanol–water partition coefficient (Wildman–Crippen LogP) is 3.31. The van der Waals surface area contributed by atoms with E-state index in [1.807, 2.05) is 12.1 Å². The molecule has 1 N–H and O–H groups in total. The summed E-state index contributed by atoms with van der Waals surface area (Å²) in [6, 6.07) is 6.42. The molecule has 1 aliphatic heterocycles. The van der Waals surface area contributed by atoms with Crippen LogP contribution in [0.1, 0.15) is 38.4 Å². The van der Waals surface area contributed by atoms with Crippen LogP contribution in [0, 0.1) is 0 Å². The van der Waals surface area contributed by atoms with Crippen LogP contribution in [0.25, 0.3) is 0 Å². The number of rotatable bonds is 3. The van der Waals surface area contributed by atoms with Crippen molar-refractivity contribution in [1.82, 2.24) is 4.90 Å². The molecular weight excluding hydrogens is 272 g/mol. The summed E-state index contributed by atoms with van der Waals surface area (Å²) in [7, 11) is 2.18. The number of benzene rings is 1. The van der Waals surface area contributed by atoms with E-state index in [9.17, 15) is 5.11 Å². The number of aliphatic hydroxyl groups excluding tert-OH is 1. The van der Waals surface area contributed by atoms with E-state index in [1.165, 1.54) is 0 Å². The van der Waals surface area contributed by atoms with Crippen molar-refractivity contribution >= 4 is 17.3 Å². The molecule has 1 unspecified atom stereocenters. The largest absolute Gasteiger partial charge is 0.389 e. The molecule has 0 amide bonds. The fraction of sp³-hybridized carbons (Fsp3) is 0.625. The van der Waals surface area contributed by atoms with Crippen molar-refractivity contribution in [3.8, 4) is 0 Å². The molecule has 20 heavy (non-hydrogen) atoms. The van der Waals surface area contributed by atoms with Crippen LogP contribution in [-0.2, 0) is 0 Å². The highest BCUT2D eigenvalue weighted by Crippen LogP contribution is 2.32. The van der Waals surface area contributed by atoms with Gasteiger partial charge in [-0.2, -0.15) is 0 Å². The zero-order valence-corrected chi connectivity index (χ0v) is 13.4. The van der Waals surface area contributed by atoms with Crippen molar-refractivity contribution in [2.75, 3.05) is 31.6 Å². The molecule has 2 rings (SSSR count). The lowest BCUT2D eigenvalue weighted by Crippen LogP contribution is -2.40. The van der Waals surface area contributed by atoms with Gasteiger partial charge in [-0.25, -0.2) is 0 Å². The van der Waals surface area contributed by atoms with Crippen molar-refractivity contribution in [3.05, 3.63) is 28.8 Å². The van der Waals surface area contributed by atoms with Gasteiger partial charge in [-0.3, -0.25) is 0 Å². The summed E-state index contributed by atoms with van der Waals surface area (Å²) >= 11 is 6.45. The molecule has 0 aromatic heterocycles.